The molecular weight excluding hydrogens is 264 g/mol. The summed E-state index contributed by atoms with van der Waals surface area (Å²) < 4.78 is 5.35. The maximum atomic E-state index is 5.35. The second kappa shape index (κ2) is 5.93. The van der Waals surface area contributed by atoms with Gasteiger partial charge in [-0.05, 0) is 24.3 Å². The summed E-state index contributed by atoms with van der Waals surface area (Å²) in [6.45, 7) is 2.64. The third-order valence-corrected chi connectivity index (χ3v) is 5.01. The highest BCUT2D eigenvalue weighted by molar-refractivity contribution is 7.20. The number of nitrogens with zero attached hydrogens (tertiary/aromatic N) is 1. The molecule has 1 fully saturated rings. The first kappa shape index (κ1) is 12.3. The third-order valence-electron chi connectivity index (χ3n) is 3.08. The first-order chi connectivity index (χ1) is 8.92. The van der Waals surface area contributed by atoms with Gasteiger partial charge in [-0.15, -0.1) is 22.7 Å². The molecule has 0 aromatic carbocycles. The van der Waals surface area contributed by atoms with E-state index < -0.39 is 0 Å². The Labute approximate surface area is 115 Å². The standard InChI is InChI=1S/C13H16N2OS2/c1-2-12(17-7-1)13-15-11(9-18-13)8-14-10-3-5-16-6-4-10/h1-2,7,9-10,14H,3-6,8H2. The molecular formula is C13H16N2OS2. The van der Waals surface area contributed by atoms with Crippen LogP contribution in [0, 0.1) is 0 Å². The molecule has 0 atom stereocenters. The Morgan fingerprint density at radius 3 is 3.00 bits per heavy atom. The number of rotatable bonds is 4. The van der Waals surface area contributed by atoms with E-state index in [2.05, 4.69) is 33.2 Å². The number of nitrogens with one attached hydrogen (secondary N) is 1. The Kier molecular flexibility index (Phi) is 4.05. The number of hydrogen-bond donors (Lipinski definition) is 1. The first-order valence-corrected chi connectivity index (χ1v) is 7.97. The monoisotopic (exact) mass is 280 g/mol. The summed E-state index contributed by atoms with van der Waals surface area (Å²) in [5.41, 5.74) is 1.15. The van der Waals surface area contributed by atoms with Gasteiger partial charge in [0.1, 0.15) is 5.01 Å². The van der Waals surface area contributed by atoms with Gasteiger partial charge in [-0.3, -0.25) is 0 Å². The van der Waals surface area contributed by atoms with Crippen LogP contribution in [0.4, 0.5) is 0 Å². The molecule has 0 spiro atoms. The maximum Gasteiger partial charge on any atom is 0.133 e. The first-order valence-electron chi connectivity index (χ1n) is 6.21. The molecule has 0 radical (unpaired) electrons. The van der Waals surface area contributed by atoms with Crippen LogP contribution in [0.1, 0.15) is 18.5 Å². The van der Waals surface area contributed by atoms with E-state index in [1.807, 2.05) is 0 Å². The number of ether oxygens (including phenoxy) is 1. The van der Waals surface area contributed by atoms with Crippen LogP contribution >= 0.6 is 22.7 Å². The van der Waals surface area contributed by atoms with Gasteiger partial charge in [0, 0.05) is 31.2 Å². The zero-order valence-electron chi connectivity index (χ0n) is 10.1. The van der Waals surface area contributed by atoms with Gasteiger partial charge >= 0.3 is 0 Å². The van der Waals surface area contributed by atoms with Gasteiger partial charge in [0.2, 0.25) is 0 Å². The molecule has 1 N–H and O–H groups in total. The number of aromatic nitrogens is 1. The summed E-state index contributed by atoms with van der Waals surface area (Å²) in [6.07, 6.45) is 2.23. The molecule has 2 aromatic heterocycles. The SMILES string of the molecule is c1csc(-c2nc(CNC3CCOCC3)cs2)c1. The highest BCUT2D eigenvalue weighted by Gasteiger charge is 2.13. The van der Waals surface area contributed by atoms with Gasteiger partial charge < -0.3 is 10.1 Å². The minimum Gasteiger partial charge on any atom is -0.381 e. The fourth-order valence-corrected chi connectivity index (χ4v) is 3.69. The lowest BCUT2D eigenvalue weighted by Gasteiger charge is -2.22. The predicted molar refractivity (Wildman–Crippen MR) is 76.1 cm³/mol. The van der Waals surface area contributed by atoms with E-state index in [0.717, 1.165) is 43.3 Å². The van der Waals surface area contributed by atoms with Crippen molar-refractivity contribution in [3.8, 4) is 9.88 Å². The molecule has 1 aliphatic heterocycles. The van der Waals surface area contributed by atoms with Gasteiger partial charge in [0.25, 0.3) is 0 Å². The van der Waals surface area contributed by atoms with E-state index in [1.54, 1.807) is 22.7 Å². The van der Waals surface area contributed by atoms with Crippen LogP contribution in [-0.2, 0) is 11.3 Å². The van der Waals surface area contributed by atoms with Crippen molar-refractivity contribution in [2.45, 2.75) is 25.4 Å². The molecule has 0 saturated carbocycles. The minimum atomic E-state index is 0.589. The molecule has 96 valence electrons. The van der Waals surface area contributed by atoms with Crippen molar-refractivity contribution >= 4 is 22.7 Å². The largest absolute Gasteiger partial charge is 0.381 e. The Morgan fingerprint density at radius 2 is 2.22 bits per heavy atom. The Hall–Kier alpha value is -0.750. The normalized spacial score (nSPS) is 17.1. The molecule has 3 rings (SSSR count). The number of hydrogen-bond acceptors (Lipinski definition) is 5. The molecule has 0 amide bonds. The second-order valence-electron chi connectivity index (χ2n) is 4.39. The molecule has 1 saturated heterocycles. The molecule has 3 heterocycles. The summed E-state index contributed by atoms with van der Waals surface area (Å²) in [5, 5.41) is 8.95. The molecule has 0 aliphatic carbocycles. The third kappa shape index (κ3) is 2.98. The van der Waals surface area contributed by atoms with Crippen molar-refractivity contribution in [1.29, 1.82) is 0 Å². The lowest BCUT2D eigenvalue weighted by molar-refractivity contribution is 0.0775. The van der Waals surface area contributed by atoms with Gasteiger partial charge in [-0.1, -0.05) is 6.07 Å². The fourth-order valence-electron chi connectivity index (χ4n) is 2.05. The average molecular weight is 280 g/mol. The smallest absolute Gasteiger partial charge is 0.133 e. The Balaban J connectivity index is 1.57. The van der Waals surface area contributed by atoms with Crippen LogP contribution in [0.25, 0.3) is 9.88 Å². The van der Waals surface area contributed by atoms with E-state index >= 15 is 0 Å². The van der Waals surface area contributed by atoms with Crippen molar-refractivity contribution in [3.05, 3.63) is 28.6 Å². The maximum absolute atomic E-state index is 5.35. The van der Waals surface area contributed by atoms with Crippen molar-refractivity contribution < 1.29 is 4.74 Å². The second-order valence-corrected chi connectivity index (χ2v) is 6.19. The minimum absolute atomic E-state index is 0.589. The lowest BCUT2D eigenvalue weighted by Crippen LogP contribution is -2.34. The molecule has 5 heteroatoms. The summed E-state index contributed by atoms with van der Waals surface area (Å²) in [4.78, 5) is 5.93. The van der Waals surface area contributed by atoms with Gasteiger partial charge in [0.05, 0.1) is 10.6 Å². The van der Waals surface area contributed by atoms with Gasteiger partial charge in [0.15, 0.2) is 0 Å². The molecule has 0 bridgehead atoms. The average Bonchev–Trinajstić information content (AvgIpc) is 3.08. The zero-order valence-corrected chi connectivity index (χ0v) is 11.7. The van der Waals surface area contributed by atoms with Crippen LogP contribution in [0.2, 0.25) is 0 Å². The van der Waals surface area contributed by atoms with Crippen molar-refractivity contribution in [1.82, 2.24) is 10.3 Å². The van der Waals surface area contributed by atoms with Gasteiger partial charge in [-0.2, -0.15) is 0 Å². The predicted octanol–water partition coefficient (Wildman–Crippen LogP) is 3.14. The topological polar surface area (TPSA) is 34.2 Å². The molecule has 2 aromatic rings. The van der Waals surface area contributed by atoms with Crippen LogP contribution in [0.3, 0.4) is 0 Å². The lowest BCUT2D eigenvalue weighted by atomic mass is 10.1. The molecule has 0 unspecified atom stereocenters. The van der Waals surface area contributed by atoms with E-state index in [0.29, 0.717) is 6.04 Å². The number of thiophene rings is 1. The van der Waals surface area contributed by atoms with E-state index in [4.69, 9.17) is 4.74 Å². The summed E-state index contributed by atoms with van der Waals surface area (Å²) >= 11 is 3.47. The van der Waals surface area contributed by atoms with E-state index in [1.165, 1.54) is 4.88 Å². The molecule has 18 heavy (non-hydrogen) atoms. The van der Waals surface area contributed by atoms with Crippen molar-refractivity contribution in [2.75, 3.05) is 13.2 Å². The van der Waals surface area contributed by atoms with Crippen LogP contribution in [0.15, 0.2) is 22.9 Å². The van der Waals surface area contributed by atoms with E-state index in [9.17, 15) is 0 Å². The fraction of sp³-hybridized carbons (Fsp3) is 0.462. The summed E-state index contributed by atoms with van der Waals surface area (Å²) in [6, 6.07) is 4.78. The number of thiazole rings is 1. The van der Waals surface area contributed by atoms with Crippen LogP contribution < -0.4 is 5.32 Å². The highest BCUT2D eigenvalue weighted by atomic mass is 32.1. The van der Waals surface area contributed by atoms with Crippen LogP contribution in [0.5, 0.6) is 0 Å². The van der Waals surface area contributed by atoms with Gasteiger partial charge in [-0.25, -0.2) is 4.98 Å². The quantitative estimate of drug-likeness (QED) is 0.934. The molecule has 3 nitrogen and oxygen atoms in total. The van der Waals surface area contributed by atoms with E-state index in [-0.39, 0.29) is 0 Å². The Morgan fingerprint density at radius 1 is 1.33 bits per heavy atom. The van der Waals surface area contributed by atoms with Crippen molar-refractivity contribution in [3.63, 3.8) is 0 Å². The summed E-state index contributed by atoms with van der Waals surface area (Å²) in [7, 11) is 0. The highest BCUT2D eigenvalue weighted by Crippen LogP contribution is 2.27. The zero-order chi connectivity index (χ0) is 12.2. The Bertz CT molecular complexity index is 475. The molecule has 1 aliphatic rings. The summed E-state index contributed by atoms with van der Waals surface area (Å²) in [5.74, 6) is 0. The van der Waals surface area contributed by atoms with Crippen LogP contribution in [-0.4, -0.2) is 24.2 Å². The van der Waals surface area contributed by atoms with Crippen molar-refractivity contribution in [2.24, 2.45) is 0 Å².